The molecule has 1 aliphatic rings. The zero-order valence-corrected chi connectivity index (χ0v) is 12.5. The number of anilines is 1. The first-order valence-corrected chi connectivity index (χ1v) is 7.40. The van der Waals surface area contributed by atoms with Crippen molar-refractivity contribution in [1.82, 2.24) is 5.32 Å². The summed E-state index contributed by atoms with van der Waals surface area (Å²) in [5.74, 6) is -0.468. The number of carbonyl (C=O) groups excluding carboxylic acids is 2. The fraction of sp³-hybridized carbons (Fsp3) is 0.250. The van der Waals surface area contributed by atoms with Gasteiger partial charge in [-0.15, -0.1) is 0 Å². The van der Waals surface area contributed by atoms with E-state index in [4.69, 9.17) is 16.0 Å². The second-order valence-corrected chi connectivity index (χ2v) is 5.54. The van der Waals surface area contributed by atoms with Gasteiger partial charge in [0.15, 0.2) is 0 Å². The zero-order valence-electron chi connectivity index (χ0n) is 11.8. The minimum Gasteiger partial charge on any atom is -0.467 e. The number of rotatable bonds is 4. The molecule has 6 heteroatoms. The minimum atomic E-state index is -0.658. The maximum Gasteiger partial charge on any atom is 0.239 e. The van der Waals surface area contributed by atoms with Gasteiger partial charge in [-0.05, 0) is 36.8 Å². The number of halogens is 1. The average Bonchev–Trinajstić information content (AvgIpc) is 3.14. The Labute approximate surface area is 132 Å². The molecule has 1 fully saturated rings. The molecule has 0 radical (unpaired) electrons. The van der Waals surface area contributed by atoms with E-state index in [1.54, 1.807) is 41.5 Å². The van der Waals surface area contributed by atoms with Crippen LogP contribution in [0.4, 0.5) is 5.69 Å². The molecule has 1 aromatic heterocycles. The molecule has 0 saturated carbocycles. The number of hydrogen-bond donors (Lipinski definition) is 1. The Balaban J connectivity index is 1.64. The highest BCUT2D eigenvalue weighted by Crippen LogP contribution is 2.27. The highest BCUT2D eigenvalue weighted by Gasteiger charge is 2.37. The summed E-state index contributed by atoms with van der Waals surface area (Å²) < 4.78 is 5.15. The second kappa shape index (κ2) is 6.23. The predicted molar refractivity (Wildman–Crippen MR) is 82.5 cm³/mol. The molecule has 0 bridgehead atoms. The minimum absolute atomic E-state index is 0.195. The third kappa shape index (κ3) is 2.99. The second-order valence-electron chi connectivity index (χ2n) is 5.11. The van der Waals surface area contributed by atoms with Crippen LogP contribution in [0.5, 0.6) is 0 Å². The van der Waals surface area contributed by atoms with Crippen molar-refractivity contribution < 1.29 is 14.0 Å². The molecule has 0 spiro atoms. The molecular formula is C16H15ClN2O3. The summed E-state index contributed by atoms with van der Waals surface area (Å²) in [5, 5.41) is 3.30. The average molecular weight is 319 g/mol. The van der Waals surface area contributed by atoms with E-state index >= 15 is 0 Å². The number of nitrogens with zero attached hydrogens (tertiary/aromatic N) is 1. The van der Waals surface area contributed by atoms with Gasteiger partial charge in [0.05, 0.1) is 12.8 Å². The van der Waals surface area contributed by atoms with Crippen LogP contribution < -0.4 is 10.2 Å². The fourth-order valence-corrected chi connectivity index (χ4v) is 2.72. The molecule has 1 aromatic carbocycles. The summed E-state index contributed by atoms with van der Waals surface area (Å²) in [5.41, 5.74) is 0.721. The molecule has 1 aliphatic heterocycles. The van der Waals surface area contributed by atoms with Gasteiger partial charge in [0.1, 0.15) is 11.7 Å². The molecular weight excluding hydrogens is 304 g/mol. The molecule has 1 saturated heterocycles. The number of amides is 2. The number of benzene rings is 1. The summed E-state index contributed by atoms with van der Waals surface area (Å²) in [6, 6.07) is 10.6. The van der Waals surface area contributed by atoms with Crippen molar-refractivity contribution in [3.8, 4) is 0 Å². The smallest absolute Gasteiger partial charge is 0.239 e. The van der Waals surface area contributed by atoms with Crippen molar-refractivity contribution in [3.05, 3.63) is 53.4 Å². The van der Waals surface area contributed by atoms with Crippen LogP contribution in [-0.4, -0.2) is 18.4 Å². The molecule has 0 aliphatic carbocycles. The topological polar surface area (TPSA) is 62.6 Å². The largest absolute Gasteiger partial charge is 0.467 e. The number of carbonyl (C=O) groups is 2. The summed E-state index contributed by atoms with van der Waals surface area (Å²) in [4.78, 5) is 26.2. The number of nitrogens with one attached hydrogen (secondary N) is 1. The molecule has 2 aromatic rings. The lowest BCUT2D eigenvalue weighted by Crippen LogP contribution is -2.36. The molecule has 5 nitrogen and oxygen atoms in total. The number of hydrogen-bond acceptors (Lipinski definition) is 3. The lowest BCUT2D eigenvalue weighted by Gasteiger charge is -2.17. The quantitative estimate of drug-likeness (QED) is 0.881. The Morgan fingerprint density at radius 3 is 2.95 bits per heavy atom. The highest BCUT2D eigenvalue weighted by molar-refractivity contribution is 6.31. The maximum absolute atomic E-state index is 12.4. The molecule has 2 amide bonds. The van der Waals surface area contributed by atoms with E-state index in [9.17, 15) is 9.59 Å². The van der Waals surface area contributed by atoms with Crippen molar-refractivity contribution in [3.63, 3.8) is 0 Å². The molecule has 114 valence electrons. The van der Waals surface area contributed by atoms with Crippen molar-refractivity contribution in [2.75, 3.05) is 11.4 Å². The predicted octanol–water partition coefficient (Wildman–Crippen LogP) is 2.60. The van der Waals surface area contributed by atoms with Crippen LogP contribution in [0.25, 0.3) is 0 Å². The molecule has 22 heavy (non-hydrogen) atoms. The SMILES string of the molecule is O=C(NCc1ccco1)[C@@H]1CCN(c2cccc(Cl)c2)C1=O. The van der Waals surface area contributed by atoms with Gasteiger partial charge in [-0.1, -0.05) is 17.7 Å². The van der Waals surface area contributed by atoms with Crippen molar-refractivity contribution >= 4 is 29.1 Å². The Morgan fingerprint density at radius 1 is 1.36 bits per heavy atom. The lowest BCUT2D eigenvalue weighted by molar-refractivity contribution is -0.132. The Hall–Kier alpha value is -2.27. The van der Waals surface area contributed by atoms with Crippen LogP contribution in [0.1, 0.15) is 12.2 Å². The van der Waals surface area contributed by atoms with Gasteiger partial charge in [0.2, 0.25) is 11.8 Å². The van der Waals surface area contributed by atoms with Crippen molar-refractivity contribution in [1.29, 1.82) is 0 Å². The van der Waals surface area contributed by atoms with Gasteiger partial charge in [0.25, 0.3) is 0 Å². The standard InChI is InChI=1S/C16H15ClN2O3/c17-11-3-1-4-12(9-11)19-7-6-14(16(19)21)15(20)18-10-13-5-2-8-22-13/h1-5,8-9,14H,6-7,10H2,(H,18,20)/t14-/m0/s1. The zero-order chi connectivity index (χ0) is 15.5. The van der Waals surface area contributed by atoms with Gasteiger partial charge < -0.3 is 14.6 Å². The maximum atomic E-state index is 12.4. The van der Waals surface area contributed by atoms with Gasteiger partial charge in [-0.2, -0.15) is 0 Å². The lowest BCUT2D eigenvalue weighted by atomic mass is 10.1. The Kier molecular flexibility index (Phi) is 4.15. The first kappa shape index (κ1) is 14.7. The van der Waals surface area contributed by atoms with Crippen LogP contribution in [0.3, 0.4) is 0 Å². The molecule has 3 rings (SSSR count). The van der Waals surface area contributed by atoms with E-state index in [1.165, 1.54) is 0 Å². The van der Waals surface area contributed by atoms with Crippen LogP contribution in [0, 0.1) is 5.92 Å². The first-order chi connectivity index (χ1) is 10.6. The van der Waals surface area contributed by atoms with Crippen LogP contribution in [-0.2, 0) is 16.1 Å². The molecule has 1 N–H and O–H groups in total. The number of furan rings is 1. The van der Waals surface area contributed by atoms with E-state index in [2.05, 4.69) is 5.32 Å². The molecule has 1 atom stereocenters. The van der Waals surface area contributed by atoms with E-state index in [0.29, 0.717) is 23.7 Å². The summed E-state index contributed by atoms with van der Waals surface area (Å²) in [6.45, 7) is 0.796. The molecule has 0 unspecified atom stereocenters. The van der Waals surface area contributed by atoms with Crippen molar-refractivity contribution in [2.45, 2.75) is 13.0 Å². The van der Waals surface area contributed by atoms with E-state index < -0.39 is 5.92 Å². The van der Waals surface area contributed by atoms with Crippen molar-refractivity contribution in [2.24, 2.45) is 5.92 Å². The van der Waals surface area contributed by atoms with Crippen LogP contribution in [0.15, 0.2) is 47.1 Å². The third-order valence-electron chi connectivity index (χ3n) is 3.66. The summed E-state index contributed by atoms with van der Waals surface area (Å²) >= 11 is 5.95. The monoisotopic (exact) mass is 318 g/mol. The summed E-state index contributed by atoms with van der Waals surface area (Å²) in [7, 11) is 0. The van der Waals surface area contributed by atoms with Gasteiger partial charge in [-0.25, -0.2) is 0 Å². The Bertz CT molecular complexity index is 684. The summed E-state index contributed by atoms with van der Waals surface area (Å²) in [6.07, 6.45) is 2.04. The Morgan fingerprint density at radius 2 is 2.23 bits per heavy atom. The van der Waals surface area contributed by atoms with Gasteiger partial charge >= 0.3 is 0 Å². The van der Waals surface area contributed by atoms with Gasteiger partial charge in [-0.3, -0.25) is 9.59 Å². The van der Waals surface area contributed by atoms with Crippen LogP contribution >= 0.6 is 11.6 Å². The first-order valence-electron chi connectivity index (χ1n) is 7.02. The van der Waals surface area contributed by atoms with Gasteiger partial charge in [0, 0.05) is 17.3 Å². The normalized spacial score (nSPS) is 17.8. The third-order valence-corrected chi connectivity index (χ3v) is 3.89. The van der Waals surface area contributed by atoms with E-state index in [-0.39, 0.29) is 18.4 Å². The van der Waals surface area contributed by atoms with E-state index in [0.717, 1.165) is 5.69 Å². The van der Waals surface area contributed by atoms with Crippen LogP contribution in [0.2, 0.25) is 5.02 Å². The molecule has 2 heterocycles. The highest BCUT2D eigenvalue weighted by atomic mass is 35.5. The van der Waals surface area contributed by atoms with E-state index in [1.807, 2.05) is 6.07 Å². The fourth-order valence-electron chi connectivity index (χ4n) is 2.53.